The molecule has 1 aromatic carbocycles. The van der Waals surface area contributed by atoms with Crippen molar-refractivity contribution in [2.45, 2.75) is 84.6 Å². The molecule has 0 fully saturated rings. The number of aryl methyl sites for hydroxylation is 1. The Hall–Kier alpha value is -3.72. The smallest absolute Gasteiger partial charge is 0.420 e. The number of nitrogens with one attached hydrogen (secondary N) is 1. The summed E-state index contributed by atoms with van der Waals surface area (Å²) < 4.78 is 12.7. The fourth-order valence-corrected chi connectivity index (χ4v) is 4.87. The number of carbonyl (C=O) groups is 2. The zero-order valence-corrected chi connectivity index (χ0v) is 24.4. The summed E-state index contributed by atoms with van der Waals surface area (Å²) in [5.41, 5.74) is 2.57. The monoisotopic (exact) mass is 547 g/mol. The second kappa shape index (κ2) is 12.2. The van der Waals surface area contributed by atoms with Crippen LogP contribution < -0.4 is 5.32 Å². The van der Waals surface area contributed by atoms with E-state index in [4.69, 9.17) is 19.4 Å². The van der Waals surface area contributed by atoms with Crippen LogP contribution in [0.3, 0.4) is 0 Å². The number of hydrogen-bond acceptors (Lipinski definition) is 7. The lowest BCUT2D eigenvalue weighted by Crippen LogP contribution is -2.35. The largest absolute Gasteiger partial charge is 0.444 e. The van der Waals surface area contributed by atoms with Crippen LogP contribution in [0.25, 0.3) is 11.0 Å². The van der Waals surface area contributed by atoms with Gasteiger partial charge in [0.2, 0.25) is 0 Å². The van der Waals surface area contributed by atoms with Gasteiger partial charge >= 0.3 is 12.2 Å². The molecular weight excluding hydrogens is 506 g/mol. The first-order valence-corrected chi connectivity index (χ1v) is 13.9. The molecule has 1 aliphatic rings. The summed E-state index contributed by atoms with van der Waals surface area (Å²) in [5, 5.41) is 2.76. The van der Waals surface area contributed by atoms with E-state index >= 15 is 0 Å². The van der Waals surface area contributed by atoms with Gasteiger partial charge in [-0.25, -0.2) is 19.1 Å². The molecule has 4 rings (SSSR count). The molecule has 1 N–H and O–H groups in total. The number of fused-ring (bicyclic) bond motifs is 2. The number of carbonyl (C=O) groups excluding carboxylic acids is 2. The molecule has 9 nitrogen and oxygen atoms in total. The number of aromatic nitrogens is 3. The summed E-state index contributed by atoms with van der Waals surface area (Å²) in [6.45, 7) is 12.4. The highest BCUT2D eigenvalue weighted by Crippen LogP contribution is 2.34. The molecular formula is C31H41N5O4. The molecule has 40 heavy (non-hydrogen) atoms. The lowest BCUT2D eigenvalue weighted by molar-refractivity contribution is 0.0522. The van der Waals surface area contributed by atoms with E-state index in [0.29, 0.717) is 31.0 Å². The molecule has 3 aromatic rings. The third-order valence-corrected chi connectivity index (χ3v) is 6.43. The van der Waals surface area contributed by atoms with Gasteiger partial charge in [0.15, 0.2) is 0 Å². The maximum absolute atomic E-state index is 13.4. The van der Waals surface area contributed by atoms with Gasteiger partial charge in [-0.3, -0.25) is 9.88 Å². The summed E-state index contributed by atoms with van der Waals surface area (Å²) in [6, 6.07) is 11.8. The Morgan fingerprint density at radius 1 is 1.05 bits per heavy atom. The molecule has 0 spiro atoms. The highest BCUT2D eigenvalue weighted by Gasteiger charge is 2.30. The van der Waals surface area contributed by atoms with Crippen molar-refractivity contribution >= 4 is 23.2 Å². The zero-order valence-electron chi connectivity index (χ0n) is 24.4. The third-order valence-electron chi connectivity index (χ3n) is 6.43. The number of amides is 1. The molecule has 0 unspecified atom stereocenters. The van der Waals surface area contributed by atoms with Gasteiger partial charge < -0.3 is 14.8 Å². The van der Waals surface area contributed by atoms with Gasteiger partial charge in [0.25, 0.3) is 0 Å². The van der Waals surface area contributed by atoms with Crippen LogP contribution in [0.4, 0.5) is 9.59 Å². The predicted octanol–water partition coefficient (Wildman–Crippen LogP) is 6.18. The lowest BCUT2D eigenvalue weighted by atomic mass is 9.90. The van der Waals surface area contributed by atoms with Crippen LogP contribution in [-0.4, -0.2) is 55.9 Å². The third kappa shape index (κ3) is 7.69. The van der Waals surface area contributed by atoms with E-state index in [1.54, 1.807) is 4.57 Å². The summed E-state index contributed by atoms with van der Waals surface area (Å²) in [5.74, 6) is 0.610. The first kappa shape index (κ1) is 29.3. The van der Waals surface area contributed by atoms with Crippen molar-refractivity contribution in [2.24, 2.45) is 0 Å². The Morgan fingerprint density at radius 2 is 1.80 bits per heavy atom. The molecule has 9 heteroatoms. The number of rotatable bonds is 7. The number of hydrogen-bond donors (Lipinski definition) is 1. The van der Waals surface area contributed by atoms with Gasteiger partial charge in [-0.15, -0.1) is 0 Å². The summed E-state index contributed by atoms with van der Waals surface area (Å²) >= 11 is 0. The van der Waals surface area contributed by atoms with Crippen molar-refractivity contribution in [1.29, 1.82) is 0 Å². The molecule has 2 heterocycles. The van der Waals surface area contributed by atoms with Gasteiger partial charge in [-0.1, -0.05) is 30.4 Å². The minimum absolute atomic E-state index is 0.0558. The van der Waals surface area contributed by atoms with E-state index in [2.05, 4.69) is 16.3 Å². The van der Waals surface area contributed by atoms with Crippen molar-refractivity contribution < 1.29 is 19.1 Å². The molecule has 0 bridgehead atoms. The number of nitrogens with zero attached hydrogens (tertiary/aromatic N) is 4. The van der Waals surface area contributed by atoms with Crippen LogP contribution >= 0.6 is 0 Å². The van der Waals surface area contributed by atoms with Gasteiger partial charge in [0.05, 0.1) is 29.3 Å². The van der Waals surface area contributed by atoms with E-state index in [9.17, 15) is 9.59 Å². The normalized spacial score (nSPS) is 15.8. The second-order valence-electron chi connectivity index (χ2n) is 12.1. The molecule has 0 radical (unpaired) electrons. The van der Waals surface area contributed by atoms with E-state index in [1.165, 1.54) is 5.56 Å². The zero-order chi connectivity index (χ0) is 28.9. The first-order chi connectivity index (χ1) is 18.9. The number of ether oxygens (including phenoxy) is 2. The topological polar surface area (TPSA) is 98.6 Å². The SMILES string of the molecule is CC(C)(C)OC(=O)NC/C=C\CN(Cc1nc2ccccc2n1C(=O)OC(C)(C)C)[C@H]1CCCc2cccnc21. The van der Waals surface area contributed by atoms with Gasteiger partial charge in [0.1, 0.15) is 17.0 Å². The molecule has 2 aromatic heterocycles. The van der Waals surface area contributed by atoms with Crippen molar-refractivity contribution in [3.8, 4) is 0 Å². The minimum atomic E-state index is -0.643. The summed E-state index contributed by atoms with van der Waals surface area (Å²) in [6.07, 6.45) is 7.87. The molecule has 0 saturated heterocycles. The maximum atomic E-state index is 13.4. The molecule has 0 saturated carbocycles. The maximum Gasteiger partial charge on any atom is 0.420 e. The van der Waals surface area contributed by atoms with Crippen LogP contribution in [0, 0.1) is 0 Å². The van der Waals surface area contributed by atoms with E-state index in [0.717, 1.165) is 30.5 Å². The second-order valence-corrected chi connectivity index (χ2v) is 12.1. The number of benzene rings is 1. The van der Waals surface area contributed by atoms with Gasteiger partial charge in [-0.05, 0) is 84.6 Å². The van der Waals surface area contributed by atoms with Crippen molar-refractivity contribution in [3.63, 3.8) is 0 Å². The highest BCUT2D eigenvalue weighted by atomic mass is 16.6. The van der Waals surface area contributed by atoms with Crippen molar-refractivity contribution in [2.75, 3.05) is 13.1 Å². The van der Waals surface area contributed by atoms with Crippen molar-refractivity contribution in [3.05, 3.63) is 71.8 Å². The summed E-state index contributed by atoms with van der Waals surface area (Å²) in [7, 11) is 0. The number of imidazole rings is 1. The molecule has 214 valence electrons. The lowest BCUT2D eigenvalue weighted by Gasteiger charge is -2.34. The van der Waals surface area contributed by atoms with Crippen LogP contribution in [0.2, 0.25) is 0 Å². The van der Waals surface area contributed by atoms with Crippen molar-refractivity contribution in [1.82, 2.24) is 24.8 Å². The molecule has 0 aliphatic heterocycles. The van der Waals surface area contributed by atoms with Crippen LogP contribution in [-0.2, 0) is 22.4 Å². The highest BCUT2D eigenvalue weighted by molar-refractivity contribution is 5.87. The fraction of sp³-hybridized carbons (Fsp3) is 0.484. The average molecular weight is 548 g/mol. The van der Waals surface area contributed by atoms with Crippen LogP contribution in [0.5, 0.6) is 0 Å². The predicted molar refractivity (Wildman–Crippen MR) is 155 cm³/mol. The molecule has 1 atom stereocenters. The van der Waals surface area contributed by atoms with Crippen LogP contribution in [0.1, 0.15) is 77.5 Å². The van der Waals surface area contributed by atoms with Crippen LogP contribution in [0.15, 0.2) is 54.7 Å². The standard InChI is InChI=1S/C31H41N5O4/c1-30(2,3)39-28(37)33-18-9-10-20-35(25-17-11-13-22-14-12-19-32-27(22)25)21-26-34-23-15-7-8-16-24(23)36(26)29(38)40-31(4,5)6/h7-10,12,14-16,19,25H,11,13,17-18,20-21H2,1-6H3,(H,33,37)/b10-9-/t25-/m0/s1. The van der Waals surface area contributed by atoms with Gasteiger partial charge in [0, 0.05) is 19.3 Å². The average Bonchev–Trinajstić information content (AvgIpc) is 3.23. The Morgan fingerprint density at radius 3 is 2.55 bits per heavy atom. The fourth-order valence-electron chi connectivity index (χ4n) is 4.87. The number of para-hydroxylation sites is 2. The summed E-state index contributed by atoms with van der Waals surface area (Å²) in [4.78, 5) is 37.3. The number of pyridine rings is 1. The molecule has 1 aliphatic carbocycles. The molecule has 1 amide bonds. The first-order valence-electron chi connectivity index (χ1n) is 13.9. The Bertz CT molecular complexity index is 1370. The minimum Gasteiger partial charge on any atom is -0.444 e. The van der Waals surface area contributed by atoms with Gasteiger partial charge in [-0.2, -0.15) is 0 Å². The Labute approximate surface area is 236 Å². The number of alkyl carbamates (subject to hydrolysis) is 1. The van der Waals surface area contributed by atoms with E-state index in [-0.39, 0.29) is 6.04 Å². The Balaban J connectivity index is 1.61. The van der Waals surface area contributed by atoms with E-state index < -0.39 is 23.4 Å². The Kier molecular flexibility index (Phi) is 8.93. The van der Waals surface area contributed by atoms with E-state index in [1.807, 2.05) is 90.2 Å². The quantitative estimate of drug-likeness (QED) is 0.353.